The number of carboxylic acid groups (broad SMARTS) is 1. The molecule has 0 saturated carbocycles. The van der Waals surface area contributed by atoms with Crippen molar-refractivity contribution in [1.82, 2.24) is 4.90 Å². The predicted molar refractivity (Wildman–Crippen MR) is 115 cm³/mol. The molecule has 0 radical (unpaired) electrons. The minimum atomic E-state index is -1.26. The molecule has 2 aliphatic carbocycles. The van der Waals surface area contributed by atoms with E-state index in [1.54, 1.807) is 12.1 Å². The van der Waals surface area contributed by atoms with Gasteiger partial charge in [-0.2, -0.15) is 0 Å². The number of carbonyl (C=O) groups is 3. The molecule has 4 aliphatic rings. The molecule has 0 aromatic heterocycles. The number of rotatable bonds is 6. The van der Waals surface area contributed by atoms with E-state index in [1.807, 2.05) is 13.1 Å². The van der Waals surface area contributed by atoms with E-state index in [2.05, 4.69) is 4.90 Å². The van der Waals surface area contributed by atoms with Crippen molar-refractivity contribution in [3.05, 3.63) is 35.1 Å². The van der Waals surface area contributed by atoms with Crippen LogP contribution >= 0.6 is 0 Å². The second-order valence-corrected chi connectivity index (χ2v) is 9.55. The Morgan fingerprint density at radius 2 is 2.06 bits per heavy atom. The Balaban J connectivity index is 1.44. The summed E-state index contributed by atoms with van der Waals surface area (Å²) in [7, 11) is 1.98. The number of aliphatic hydroxyl groups is 1. The fraction of sp³-hybridized carbons (Fsp3) is 0.542. The molecule has 2 heterocycles. The molecule has 1 unspecified atom stereocenters. The Morgan fingerprint density at radius 1 is 1.29 bits per heavy atom. The number of ether oxygens (including phenoxy) is 3. The molecule has 0 amide bonds. The Bertz CT molecular complexity index is 1110. The van der Waals surface area contributed by atoms with Gasteiger partial charge in [-0.05, 0) is 51.1 Å². The molecule has 182 valence electrons. The maximum atomic E-state index is 12.7. The van der Waals surface area contributed by atoms with E-state index in [1.165, 1.54) is 6.92 Å². The third-order valence-electron chi connectivity index (χ3n) is 7.75. The van der Waals surface area contributed by atoms with Crippen molar-refractivity contribution in [3.63, 3.8) is 0 Å². The highest BCUT2D eigenvalue weighted by atomic mass is 16.6. The first-order valence-corrected chi connectivity index (χ1v) is 11.4. The molecular weight excluding hydrogens is 446 g/mol. The minimum Gasteiger partial charge on any atom is -0.504 e. The Hall–Kier alpha value is -3.11. The lowest BCUT2D eigenvalue weighted by Gasteiger charge is -2.61. The maximum absolute atomic E-state index is 12.7. The molecule has 2 bridgehead atoms. The summed E-state index contributed by atoms with van der Waals surface area (Å²) in [4.78, 5) is 37.3. The lowest BCUT2D eigenvalue weighted by atomic mass is 9.50. The van der Waals surface area contributed by atoms with E-state index in [4.69, 9.17) is 19.3 Å². The number of hydrogen-bond donors (Lipinski definition) is 3. The van der Waals surface area contributed by atoms with Crippen LogP contribution in [0.5, 0.6) is 11.5 Å². The van der Waals surface area contributed by atoms with Crippen molar-refractivity contribution in [3.8, 4) is 11.5 Å². The topological polar surface area (TPSA) is 143 Å². The molecule has 10 heteroatoms. The van der Waals surface area contributed by atoms with Crippen LogP contribution in [0.25, 0.3) is 0 Å². The summed E-state index contributed by atoms with van der Waals surface area (Å²) in [6.45, 7) is 2.04. The van der Waals surface area contributed by atoms with E-state index in [0.29, 0.717) is 25.1 Å². The van der Waals surface area contributed by atoms with E-state index < -0.39 is 47.6 Å². The van der Waals surface area contributed by atoms with Crippen molar-refractivity contribution in [2.75, 3.05) is 13.6 Å². The van der Waals surface area contributed by atoms with Gasteiger partial charge in [0.2, 0.25) is 0 Å². The van der Waals surface area contributed by atoms with Crippen LogP contribution in [0.4, 0.5) is 0 Å². The Kier molecular flexibility index (Phi) is 5.14. The number of likely N-dealkylation sites (N-methyl/N-ethyl adjacent to an activating group) is 1. The molecule has 1 aromatic rings. The number of hydrogen-bond acceptors (Lipinski definition) is 9. The van der Waals surface area contributed by atoms with E-state index in [9.17, 15) is 24.6 Å². The van der Waals surface area contributed by atoms with Crippen molar-refractivity contribution < 1.29 is 43.9 Å². The largest absolute Gasteiger partial charge is 0.504 e. The molecular formula is C24H27NO9. The number of carboxylic acids is 1. The number of esters is 2. The van der Waals surface area contributed by atoms with Gasteiger partial charge in [0, 0.05) is 18.0 Å². The lowest BCUT2D eigenvalue weighted by Crippen LogP contribution is -2.74. The van der Waals surface area contributed by atoms with E-state index >= 15 is 0 Å². The molecule has 2 aliphatic heterocycles. The van der Waals surface area contributed by atoms with Gasteiger partial charge in [-0.25, -0.2) is 4.79 Å². The summed E-state index contributed by atoms with van der Waals surface area (Å²) in [5.41, 5.74) is -0.303. The van der Waals surface area contributed by atoms with Gasteiger partial charge in [-0.3, -0.25) is 9.59 Å². The molecule has 5 atom stereocenters. The van der Waals surface area contributed by atoms with Crippen LogP contribution in [0.15, 0.2) is 24.0 Å². The zero-order chi connectivity index (χ0) is 24.4. The molecule has 10 nitrogen and oxygen atoms in total. The number of carbonyl (C=O) groups excluding carboxylic acids is 2. The lowest BCUT2D eigenvalue weighted by molar-refractivity contribution is -0.175. The summed E-state index contributed by atoms with van der Waals surface area (Å²) < 4.78 is 16.9. The number of aromatic hydroxyl groups is 1. The summed E-state index contributed by atoms with van der Waals surface area (Å²) in [5, 5.41) is 31.3. The molecule has 1 fully saturated rings. The van der Waals surface area contributed by atoms with Crippen LogP contribution in [0.1, 0.15) is 43.7 Å². The Labute approximate surface area is 195 Å². The SMILES string of the molecule is CC(OC(=O)CCC(=O)O)C(=O)OC1=CC[C@@]2(O)[C@H]3Cc4ccc(O)c5c4[C@@]2(CCN3C)[C@H]1O5. The smallest absolute Gasteiger partial charge is 0.352 e. The van der Waals surface area contributed by atoms with Crippen LogP contribution in [-0.4, -0.2) is 75.6 Å². The molecule has 1 aromatic carbocycles. The van der Waals surface area contributed by atoms with Gasteiger partial charge in [0.15, 0.2) is 23.7 Å². The number of aliphatic carboxylic acids is 1. The normalized spacial score (nSPS) is 31.6. The second-order valence-electron chi connectivity index (χ2n) is 9.55. The monoisotopic (exact) mass is 473 g/mol. The average molecular weight is 473 g/mol. The minimum absolute atomic E-state index is 0.0336. The first kappa shape index (κ1) is 22.7. The first-order valence-electron chi connectivity index (χ1n) is 11.4. The highest BCUT2D eigenvalue weighted by Crippen LogP contribution is 2.65. The molecule has 3 N–H and O–H groups in total. The van der Waals surface area contributed by atoms with Crippen LogP contribution < -0.4 is 4.74 Å². The average Bonchev–Trinajstić information content (AvgIpc) is 3.14. The third kappa shape index (κ3) is 3.05. The van der Waals surface area contributed by atoms with Crippen LogP contribution in [0.2, 0.25) is 0 Å². The van der Waals surface area contributed by atoms with Crippen molar-refractivity contribution in [2.45, 2.75) is 68.3 Å². The van der Waals surface area contributed by atoms with Gasteiger partial charge in [0.25, 0.3) is 0 Å². The van der Waals surface area contributed by atoms with Crippen LogP contribution in [0.3, 0.4) is 0 Å². The zero-order valence-electron chi connectivity index (χ0n) is 18.9. The number of benzene rings is 1. The fourth-order valence-electron chi connectivity index (χ4n) is 6.15. The first-order chi connectivity index (χ1) is 16.1. The molecule has 1 saturated heterocycles. The second kappa shape index (κ2) is 7.71. The number of likely N-dealkylation sites (tertiary alicyclic amines) is 1. The van der Waals surface area contributed by atoms with E-state index in [-0.39, 0.29) is 30.4 Å². The predicted octanol–water partition coefficient (Wildman–Crippen LogP) is 1.01. The van der Waals surface area contributed by atoms with E-state index in [0.717, 1.165) is 11.1 Å². The van der Waals surface area contributed by atoms with Gasteiger partial charge in [-0.15, -0.1) is 0 Å². The van der Waals surface area contributed by atoms with Crippen molar-refractivity contribution in [1.29, 1.82) is 0 Å². The van der Waals surface area contributed by atoms with Gasteiger partial charge < -0.3 is 34.4 Å². The van der Waals surface area contributed by atoms with Gasteiger partial charge in [0.05, 0.1) is 23.9 Å². The van der Waals surface area contributed by atoms with Gasteiger partial charge >= 0.3 is 17.9 Å². The zero-order valence-corrected chi connectivity index (χ0v) is 18.9. The van der Waals surface area contributed by atoms with Crippen molar-refractivity contribution in [2.24, 2.45) is 0 Å². The van der Waals surface area contributed by atoms with Crippen LogP contribution in [-0.2, 0) is 35.7 Å². The molecule has 1 spiro atoms. The maximum Gasteiger partial charge on any atom is 0.352 e. The standard InChI is InChI=1S/C24H27NO9/c1-12(32-18(29)6-5-17(27)28)22(30)33-15-7-8-24(31)16-11-13-3-4-14(26)20-19(13)23(24,21(15)34-20)9-10-25(16)2/h3-4,7,12,16,21,26,31H,5-6,8-11H2,1-2H3,(H,27,28)/t12?,16-,21+,23+,24-/m1/s1. The van der Waals surface area contributed by atoms with Gasteiger partial charge in [-0.1, -0.05) is 6.07 Å². The highest BCUT2D eigenvalue weighted by Gasteiger charge is 2.72. The summed E-state index contributed by atoms with van der Waals surface area (Å²) in [6, 6.07) is 3.27. The number of nitrogens with zero attached hydrogens (tertiary/aromatic N) is 1. The number of phenolic OH excluding ortho intramolecular Hbond substituents is 1. The van der Waals surface area contributed by atoms with Gasteiger partial charge in [0.1, 0.15) is 5.76 Å². The number of phenols is 1. The van der Waals surface area contributed by atoms with Crippen LogP contribution in [0, 0.1) is 0 Å². The summed E-state index contributed by atoms with van der Waals surface area (Å²) in [6.07, 6.45) is 0.171. The molecule has 5 rings (SSSR count). The summed E-state index contributed by atoms with van der Waals surface area (Å²) in [5.74, 6) is -2.32. The third-order valence-corrected chi connectivity index (χ3v) is 7.75. The molecule has 34 heavy (non-hydrogen) atoms. The number of piperidine rings is 1. The summed E-state index contributed by atoms with van der Waals surface area (Å²) >= 11 is 0. The Morgan fingerprint density at radius 3 is 2.79 bits per heavy atom. The quantitative estimate of drug-likeness (QED) is 0.512. The van der Waals surface area contributed by atoms with Crippen molar-refractivity contribution >= 4 is 17.9 Å². The fourth-order valence-corrected chi connectivity index (χ4v) is 6.15. The highest BCUT2D eigenvalue weighted by molar-refractivity contribution is 5.81.